The van der Waals surface area contributed by atoms with Crippen LogP contribution in [-0.2, 0) is 4.79 Å². The van der Waals surface area contributed by atoms with E-state index in [2.05, 4.69) is 12.2 Å². The van der Waals surface area contributed by atoms with Crippen LogP contribution in [0.5, 0.6) is 0 Å². The van der Waals surface area contributed by atoms with Crippen LogP contribution < -0.4 is 5.32 Å². The van der Waals surface area contributed by atoms with Crippen LogP contribution in [0.1, 0.15) is 45.4 Å². The van der Waals surface area contributed by atoms with Gasteiger partial charge in [0.2, 0.25) is 5.91 Å². The van der Waals surface area contributed by atoms with Crippen molar-refractivity contribution in [3.05, 3.63) is 0 Å². The molecule has 0 aromatic heterocycles. The minimum atomic E-state index is 0.246. The zero-order valence-corrected chi connectivity index (χ0v) is 10.1. The highest BCUT2D eigenvalue weighted by molar-refractivity contribution is 5.78. The molecule has 3 nitrogen and oxygen atoms in total. The Kier molecular flexibility index (Phi) is 5.69. The second kappa shape index (κ2) is 6.83. The third-order valence-corrected chi connectivity index (χ3v) is 3.22. The largest absolute Gasteiger partial charge is 0.342 e. The molecule has 0 saturated heterocycles. The van der Waals surface area contributed by atoms with Gasteiger partial charge < -0.3 is 10.2 Å². The number of carbonyl (C=O) groups excluding carboxylic acids is 1. The molecule has 0 heterocycles. The number of rotatable bonds is 5. The summed E-state index contributed by atoms with van der Waals surface area (Å²) in [5, 5.41) is 3.16. The molecule has 0 aromatic carbocycles. The third kappa shape index (κ3) is 4.20. The van der Waals surface area contributed by atoms with Crippen LogP contribution in [0.2, 0.25) is 0 Å². The number of nitrogens with zero attached hydrogens (tertiary/aromatic N) is 1. The summed E-state index contributed by atoms with van der Waals surface area (Å²) in [6.45, 7) is 3.55. The van der Waals surface area contributed by atoms with Gasteiger partial charge in [-0.3, -0.25) is 4.79 Å². The molecular formula is C12H24N2O. The fraction of sp³-hybridized carbons (Fsp3) is 0.917. The molecule has 1 N–H and O–H groups in total. The summed E-state index contributed by atoms with van der Waals surface area (Å²) >= 11 is 0. The minimum absolute atomic E-state index is 0.246. The van der Waals surface area contributed by atoms with Gasteiger partial charge in [0.15, 0.2) is 0 Å². The average Bonchev–Trinajstić information content (AvgIpc) is 2.29. The maximum absolute atomic E-state index is 11.8. The van der Waals surface area contributed by atoms with E-state index in [-0.39, 0.29) is 5.91 Å². The van der Waals surface area contributed by atoms with Crippen molar-refractivity contribution in [1.29, 1.82) is 0 Å². The van der Waals surface area contributed by atoms with Crippen LogP contribution in [-0.4, -0.2) is 37.0 Å². The molecule has 1 saturated carbocycles. The van der Waals surface area contributed by atoms with E-state index in [0.717, 1.165) is 13.0 Å². The molecule has 1 rings (SSSR count). The van der Waals surface area contributed by atoms with Gasteiger partial charge in [0.25, 0.3) is 0 Å². The van der Waals surface area contributed by atoms with E-state index < -0.39 is 0 Å². The molecule has 0 radical (unpaired) electrons. The standard InChI is InChI=1S/C12H24N2O/c1-3-9-13-10-12(15)14(2)11-7-5-4-6-8-11/h11,13H,3-10H2,1-2H3. The zero-order chi connectivity index (χ0) is 11.1. The van der Waals surface area contributed by atoms with Crippen LogP contribution in [0.3, 0.4) is 0 Å². The molecule has 0 spiro atoms. The van der Waals surface area contributed by atoms with Gasteiger partial charge in [-0.25, -0.2) is 0 Å². The molecule has 15 heavy (non-hydrogen) atoms. The summed E-state index contributed by atoms with van der Waals surface area (Å²) in [6.07, 6.45) is 7.37. The van der Waals surface area contributed by atoms with E-state index in [0.29, 0.717) is 12.6 Å². The Morgan fingerprint density at radius 2 is 2.00 bits per heavy atom. The molecule has 1 amide bonds. The maximum atomic E-state index is 11.8. The molecule has 0 unspecified atom stereocenters. The van der Waals surface area contributed by atoms with Crippen molar-refractivity contribution in [3.63, 3.8) is 0 Å². The molecule has 88 valence electrons. The monoisotopic (exact) mass is 212 g/mol. The average molecular weight is 212 g/mol. The molecule has 0 bridgehead atoms. The van der Waals surface area contributed by atoms with Crippen molar-refractivity contribution in [1.82, 2.24) is 10.2 Å². The second-order valence-electron chi connectivity index (χ2n) is 4.47. The normalized spacial score (nSPS) is 17.7. The predicted molar refractivity (Wildman–Crippen MR) is 62.8 cm³/mol. The quantitative estimate of drug-likeness (QED) is 0.705. The Labute approximate surface area is 93.2 Å². The Hall–Kier alpha value is -0.570. The van der Waals surface area contributed by atoms with E-state index in [1.807, 2.05) is 11.9 Å². The molecule has 1 aliphatic carbocycles. The van der Waals surface area contributed by atoms with E-state index in [9.17, 15) is 4.79 Å². The van der Waals surface area contributed by atoms with E-state index >= 15 is 0 Å². The van der Waals surface area contributed by atoms with Gasteiger partial charge in [-0.05, 0) is 25.8 Å². The predicted octanol–water partition coefficient (Wildman–Crippen LogP) is 1.78. The topological polar surface area (TPSA) is 32.3 Å². The van der Waals surface area contributed by atoms with Crippen LogP contribution in [0.4, 0.5) is 0 Å². The summed E-state index contributed by atoms with van der Waals surface area (Å²) in [4.78, 5) is 13.7. The van der Waals surface area contributed by atoms with E-state index in [1.165, 1.54) is 32.1 Å². The van der Waals surface area contributed by atoms with Crippen LogP contribution in [0.15, 0.2) is 0 Å². The molecular weight excluding hydrogens is 188 g/mol. The molecule has 0 atom stereocenters. The lowest BCUT2D eigenvalue weighted by Crippen LogP contribution is -2.42. The van der Waals surface area contributed by atoms with Gasteiger partial charge in [0, 0.05) is 13.1 Å². The highest BCUT2D eigenvalue weighted by Crippen LogP contribution is 2.21. The van der Waals surface area contributed by atoms with Crippen molar-refractivity contribution >= 4 is 5.91 Å². The summed E-state index contributed by atoms with van der Waals surface area (Å²) in [5.41, 5.74) is 0. The number of amides is 1. The summed E-state index contributed by atoms with van der Waals surface area (Å²) < 4.78 is 0. The van der Waals surface area contributed by atoms with Crippen molar-refractivity contribution < 1.29 is 4.79 Å². The first kappa shape index (κ1) is 12.5. The van der Waals surface area contributed by atoms with E-state index in [4.69, 9.17) is 0 Å². The number of nitrogens with one attached hydrogen (secondary N) is 1. The van der Waals surface area contributed by atoms with Crippen LogP contribution in [0, 0.1) is 0 Å². The fourth-order valence-electron chi connectivity index (χ4n) is 2.17. The highest BCUT2D eigenvalue weighted by Gasteiger charge is 2.21. The number of likely N-dealkylation sites (N-methyl/N-ethyl adjacent to an activating group) is 1. The zero-order valence-electron chi connectivity index (χ0n) is 10.1. The van der Waals surface area contributed by atoms with Gasteiger partial charge in [0.1, 0.15) is 0 Å². The molecule has 3 heteroatoms. The molecule has 0 aliphatic heterocycles. The van der Waals surface area contributed by atoms with E-state index in [1.54, 1.807) is 0 Å². The second-order valence-corrected chi connectivity index (χ2v) is 4.47. The summed E-state index contributed by atoms with van der Waals surface area (Å²) in [6, 6.07) is 0.495. The number of hydrogen-bond acceptors (Lipinski definition) is 2. The SMILES string of the molecule is CCCNCC(=O)N(C)C1CCCCC1. The first-order valence-electron chi connectivity index (χ1n) is 6.22. The lowest BCUT2D eigenvalue weighted by molar-refractivity contribution is -0.131. The maximum Gasteiger partial charge on any atom is 0.236 e. The number of hydrogen-bond donors (Lipinski definition) is 1. The smallest absolute Gasteiger partial charge is 0.236 e. The van der Waals surface area contributed by atoms with Gasteiger partial charge >= 0.3 is 0 Å². The first-order valence-corrected chi connectivity index (χ1v) is 6.22. The number of carbonyl (C=O) groups is 1. The third-order valence-electron chi connectivity index (χ3n) is 3.22. The highest BCUT2D eigenvalue weighted by atomic mass is 16.2. The van der Waals surface area contributed by atoms with Crippen molar-refractivity contribution in [2.75, 3.05) is 20.1 Å². The van der Waals surface area contributed by atoms with Crippen LogP contribution in [0.25, 0.3) is 0 Å². The van der Waals surface area contributed by atoms with Gasteiger partial charge in [-0.2, -0.15) is 0 Å². The van der Waals surface area contributed by atoms with Gasteiger partial charge in [0.05, 0.1) is 6.54 Å². The Bertz CT molecular complexity index is 188. The Balaban J connectivity index is 2.24. The first-order chi connectivity index (χ1) is 7.25. The lowest BCUT2D eigenvalue weighted by atomic mass is 9.94. The summed E-state index contributed by atoms with van der Waals surface area (Å²) in [5.74, 6) is 0.246. The van der Waals surface area contributed by atoms with Crippen LogP contribution >= 0.6 is 0 Å². The molecule has 1 fully saturated rings. The van der Waals surface area contributed by atoms with Gasteiger partial charge in [-0.15, -0.1) is 0 Å². The Morgan fingerprint density at radius 3 is 2.60 bits per heavy atom. The van der Waals surface area contributed by atoms with Crippen molar-refractivity contribution in [2.24, 2.45) is 0 Å². The summed E-state index contributed by atoms with van der Waals surface area (Å²) in [7, 11) is 1.95. The lowest BCUT2D eigenvalue weighted by Gasteiger charge is -2.31. The Morgan fingerprint density at radius 1 is 1.33 bits per heavy atom. The molecule has 0 aromatic rings. The van der Waals surface area contributed by atoms with Crippen molar-refractivity contribution in [3.8, 4) is 0 Å². The minimum Gasteiger partial charge on any atom is -0.342 e. The van der Waals surface area contributed by atoms with Gasteiger partial charge in [-0.1, -0.05) is 26.2 Å². The molecule has 1 aliphatic rings. The van der Waals surface area contributed by atoms with Crippen molar-refractivity contribution in [2.45, 2.75) is 51.5 Å². The fourth-order valence-corrected chi connectivity index (χ4v) is 2.17.